The molecule has 0 saturated heterocycles. The van der Waals surface area contributed by atoms with Crippen LogP contribution in [0.3, 0.4) is 0 Å². The molecule has 0 aromatic rings. The summed E-state index contributed by atoms with van der Waals surface area (Å²) in [6.07, 6.45) is 23.2. The summed E-state index contributed by atoms with van der Waals surface area (Å²) >= 11 is 0. The molecule has 4 heteroatoms. The zero-order valence-electron chi connectivity index (χ0n) is 18.6. The summed E-state index contributed by atoms with van der Waals surface area (Å²) in [5.74, 6) is -2.81. The van der Waals surface area contributed by atoms with Gasteiger partial charge in [0.1, 0.15) is 0 Å². The molecular formula is C24H46O4. The lowest BCUT2D eigenvalue weighted by molar-refractivity contribution is -0.322. The Bertz CT molecular complexity index is 377. The van der Waals surface area contributed by atoms with Gasteiger partial charge in [0.25, 0.3) is 0 Å². The van der Waals surface area contributed by atoms with E-state index in [1.165, 1.54) is 57.8 Å². The second-order valence-electron chi connectivity index (χ2n) is 8.01. The third kappa shape index (κ3) is 19.9. The van der Waals surface area contributed by atoms with Gasteiger partial charge in [0.2, 0.25) is 0 Å². The molecule has 0 fully saturated rings. The van der Waals surface area contributed by atoms with Crippen molar-refractivity contribution in [2.45, 2.75) is 135 Å². The first-order valence-electron chi connectivity index (χ1n) is 11.8. The van der Waals surface area contributed by atoms with Crippen molar-refractivity contribution in [2.24, 2.45) is 0 Å². The Morgan fingerprint density at radius 1 is 0.714 bits per heavy atom. The average Bonchev–Trinajstić information content (AvgIpc) is 2.64. The molecule has 0 rings (SSSR count). The van der Waals surface area contributed by atoms with E-state index in [0.29, 0.717) is 6.42 Å². The molecule has 0 unspecified atom stereocenters. The van der Waals surface area contributed by atoms with Gasteiger partial charge in [-0.1, -0.05) is 90.2 Å². The Hall–Kier alpha value is -0.870. The van der Waals surface area contributed by atoms with Gasteiger partial charge in [0, 0.05) is 12.8 Å². The van der Waals surface area contributed by atoms with Crippen LogP contribution in [0.1, 0.15) is 129 Å². The maximum absolute atomic E-state index is 11.7. The van der Waals surface area contributed by atoms with Gasteiger partial charge in [0.05, 0.1) is 0 Å². The maximum Gasteiger partial charge on any atom is 0.324 e. The highest BCUT2D eigenvalue weighted by molar-refractivity contribution is 5.69. The topological polar surface area (TPSA) is 66.8 Å². The molecule has 0 aliphatic heterocycles. The molecule has 0 aromatic carbocycles. The molecule has 0 saturated carbocycles. The van der Waals surface area contributed by atoms with E-state index in [0.717, 1.165) is 38.5 Å². The first-order valence-corrected chi connectivity index (χ1v) is 11.8. The predicted molar refractivity (Wildman–Crippen MR) is 117 cm³/mol. The van der Waals surface area contributed by atoms with Gasteiger partial charge in [-0.2, -0.15) is 0 Å². The first-order chi connectivity index (χ1) is 13.5. The lowest BCUT2D eigenvalue weighted by Crippen LogP contribution is -2.34. The van der Waals surface area contributed by atoms with Gasteiger partial charge in [-0.25, -0.2) is 0 Å². The van der Waals surface area contributed by atoms with Crippen LogP contribution in [0.2, 0.25) is 0 Å². The zero-order valence-corrected chi connectivity index (χ0v) is 18.6. The molecule has 0 aliphatic carbocycles. The van der Waals surface area contributed by atoms with Crippen LogP contribution in [0, 0.1) is 0 Å². The number of hydrogen-bond acceptors (Lipinski definition) is 4. The molecule has 0 spiro atoms. The first kappa shape index (κ1) is 27.1. The minimum Gasteiger partial charge on any atom is -0.408 e. The fourth-order valence-corrected chi connectivity index (χ4v) is 3.23. The lowest BCUT2D eigenvalue weighted by Gasteiger charge is -2.21. The molecule has 0 radical (unpaired) electrons. The summed E-state index contributed by atoms with van der Waals surface area (Å²) < 4.78 is 4.77. The van der Waals surface area contributed by atoms with E-state index < -0.39 is 11.9 Å². The molecule has 0 atom stereocenters. The number of rotatable bonds is 20. The largest absolute Gasteiger partial charge is 0.408 e. The minimum absolute atomic E-state index is 0.0823. The number of allylic oxidation sites excluding steroid dienone is 2. The number of unbranched alkanes of at least 4 members (excludes halogenated alkanes) is 13. The van der Waals surface area contributed by atoms with Crippen LogP contribution in [0.25, 0.3) is 0 Å². The molecule has 2 N–H and O–H groups in total. The van der Waals surface area contributed by atoms with Crippen molar-refractivity contribution in [3.05, 3.63) is 12.2 Å². The van der Waals surface area contributed by atoms with Crippen LogP contribution in [-0.2, 0) is 9.53 Å². The van der Waals surface area contributed by atoms with E-state index in [1.54, 1.807) is 0 Å². The van der Waals surface area contributed by atoms with Crippen molar-refractivity contribution in [1.82, 2.24) is 0 Å². The summed E-state index contributed by atoms with van der Waals surface area (Å²) in [4.78, 5) is 11.7. The van der Waals surface area contributed by atoms with Crippen molar-refractivity contribution in [3.63, 3.8) is 0 Å². The van der Waals surface area contributed by atoms with E-state index in [-0.39, 0.29) is 12.8 Å². The summed E-state index contributed by atoms with van der Waals surface area (Å²) in [5, 5.41) is 19.3. The van der Waals surface area contributed by atoms with E-state index in [9.17, 15) is 15.0 Å². The summed E-state index contributed by atoms with van der Waals surface area (Å²) in [6.45, 7) is 4.29. The molecular weight excluding hydrogens is 352 g/mol. The second-order valence-corrected chi connectivity index (χ2v) is 8.01. The number of carbonyl (C=O) groups is 1. The van der Waals surface area contributed by atoms with Crippen LogP contribution in [0.4, 0.5) is 0 Å². The fourth-order valence-electron chi connectivity index (χ4n) is 3.23. The Kier molecular flexibility index (Phi) is 18.8. The molecule has 0 bridgehead atoms. The van der Waals surface area contributed by atoms with Crippen molar-refractivity contribution in [1.29, 1.82) is 0 Å². The summed E-state index contributed by atoms with van der Waals surface area (Å²) in [7, 11) is 0. The normalized spacial score (nSPS) is 12.0. The highest BCUT2D eigenvalue weighted by atomic mass is 16.8. The lowest BCUT2D eigenvalue weighted by atomic mass is 10.1. The molecule has 0 heterocycles. The van der Waals surface area contributed by atoms with Gasteiger partial charge >= 0.3 is 11.9 Å². The highest BCUT2D eigenvalue weighted by Crippen LogP contribution is 2.16. The SMILES string of the molecule is CCCCCCCC/C=C\CCCCCCCC(=O)OC(O)(O)CCCCC. The van der Waals surface area contributed by atoms with E-state index in [1.807, 2.05) is 6.92 Å². The molecule has 4 nitrogen and oxygen atoms in total. The number of hydrogen-bond donors (Lipinski definition) is 2. The number of aliphatic hydroxyl groups is 2. The Balaban J connectivity index is 3.42. The van der Waals surface area contributed by atoms with Crippen molar-refractivity contribution in [2.75, 3.05) is 0 Å². The van der Waals surface area contributed by atoms with Gasteiger partial charge in [-0.15, -0.1) is 0 Å². The monoisotopic (exact) mass is 398 g/mol. The van der Waals surface area contributed by atoms with Crippen LogP contribution >= 0.6 is 0 Å². The third-order valence-electron chi connectivity index (χ3n) is 5.03. The smallest absolute Gasteiger partial charge is 0.324 e. The number of esters is 1. The molecule has 0 aromatic heterocycles. The van der Waals surface area contributed by atoms with Gasteiger partial charge in [-0.3, -0.25) is 4.79 Å². The van der Waals surface area contributed by atoms with Crippen LogP contribution in [0.5, 0.6) is 0 Å². The van der Waals surface area contributed by atoms with E-state index in [2.05, 4.69) is 19.1 Å². The summed E-state index contributed by atoms with van der Waals surface area (Å²) in [5.41, 5.74) is 0. The molecule has 0 amide bonds. The van der Waals surface area contributed by atoms with E-state index in [4.69, 9.17) is 4.74 Å². The molecule has 0 aliphatic rings. The minimum atomic E-state index is -2.30. The van der Waals surface area contributed by atoms with Crippen LogP contribution in [0.15, 0.2) is 12.2 Å². The van der Waals surface area contributed by atoms with Crippen LogP contribution in [-0.4, -0.2) is 22.2 Å². The van der Waals surface area contributed by atoms with Gasteiger partial charge < -0.3 is 14.9 Å². The third-order valence-corrected chi connectivity index (χ3v) is 5.03. The Labute approximate surface area is 173 Å². The Morgan fingerprint density at radius 2 is 1.18 bits per heavy atom. The predicted octanol–water partition coefficient (Wildman–Crippen LogP) is 6.79. The van der Waals surface area contributed by atoms with Gasteiger partial charge in [0.15, 0.2) is 0 Å². The highest BCUT2D eigenvalue weighted by Gasteiger charge is 2.27. The maximum atomic E-state index is 11.7. The zero-order chi connectivity index (χ0) is 20.9. The second kappa shape index (κ2) is 19.4. The number of ether oxygens (including phenoxy) is 1. The molecule has 28 heavy (non-hydrogen) atoms. The van der Waals surface area contributed by atoms with E-state index >= 15 is 0 Å². The number of carbonyl (C=O) groups excluding carboxylic acids is 1. The Morgan fingerprint density at radius 3 is 1.75 bits per heavy atom. The standard InChI is InChI=1S/C24H46O4/c1-3-5-7-8-9-10-11-12-13-14-15-16-17-18-19-21-23(25)28-24(26,27)22-20-6-4-2/h12-13,26-27H,3-11,14-22H2,1-2H3/b13-12-. The average molecular weight is 399 g/mol. The van der Waals surface area contributed by atoms with Crippen molar-refractivity contribution < 1.29 is 19.7 Å². The summed E-state index contributed by atoms with van der Waals surface area (Å²) in [6, 6.07) is 0. The van der Waals surface area contributed by atoms with Gasteiger partial charge in [-0.05, 0) is 38.5 Å². The fraction of sp³-hybridized carbons (Fsp3) is 0.875. The van der Waals surface area contributed by atoms with Crippen molar-refractivity contribution >= 4 is 5.97 Å². The quantitative estimate of drug-likeness (QED) is 0.103. The molecule has 166 valence electrons. The van der Waals surface area contributed by atoms with Crippen LogP contribution < -0.4 is 0 Å². The van der Waals surface area contributed by atoms with Crippen molar-refractivity contribution in [3.8, 4) is 0 Å².